The molecule has 15 heavy (non-hydrogen) atoms. The predicted molar refractivity (Wildman–Crippen MR) is 66.7 cm³/mol. The summed E-state index contributed by atoms with van der Waals surface area (Å²) in [4.78, 5) is 0. The van der Waals surface area contributed by atoms with Gasteiger partial charge in [-0.3, -0.25) is 0 Å². The fourth-order valence-corrected chi connectivity index (χ4v) is 4.09. The molecule has 2 atom stereocenters. The van der Waals surface area contributed by atoms with Crippen LogP contribution in [0.5, 0.6) is 0 Å². The zero-order chi connectivity index (χ0) is 11.6. The van der Waals surface area contributed by atoms with Gasteiger partial charge in [-0.1, -0.05) is 32.1 Å². The summed E-state index contributed by atoms with van der Waals surface area (Å²) in [5.74, 6) is 0.457. The molecule has 0 aromatic rings. The van der Waals surface area contributed by atoms with Crippen molar-refractivity contribution in [1.29, 1.82) is 0 Å². The highest BCUT2D eigenvalue weighted by Gasteiger charge is 2.31. The van der Waals surface area contributed by atoms with Crippen molar-refractivity contribution in [1.82, 2.24) is 0 Å². The molecule has 0 aromatic carbocycles. The van der Waals surface area contributed by atoms with Gasteiger partial charge < -0.3 is 10.2 Å². The maximum absolute atomic E-state index is 10.0. The molecule has 0 amide bonds. The Bertz CT molecular complexity index is 253. The maximum atomic E-state index is 10.0. The second-order valence-electron chi connectivity index (χ2n) is 5.91. The molecule has 1 rings (SSSR count). The Hall–Kier alpha value is -0.123. The van der Waals surface area contributed by atoms with Crippen LogP contribution in [0.2, 0.25) is 25.7 Å². The minimum absolute atomic E-state index is 0.210. The number of hydrogen-bond donors (Lipinski definition) is 2. The first-order chi connectivity index (χ1) is 6.85. The highest BCUT2D eigenvalue weighted by Crippen LogP contribution is 2.38. The van der Waals surface area contributed by atoms with Gasteiger partial charge in [-0.2, -0.15) is 0 Å². The molecule has 0 bridgehead atoms. The topological polar surface area (TPSA) is 40.5 Å². The van der Waals surface area contributed by atoms with Gasteiger partial charge in [0.2, 0.25) is 0 Å². The SMILES string of the molecule is C[C@@H]1C[C@H](O)C(C[Si](C)(C)C)=C1CCO. The first-order valence-corrected chi connectivity index (χ1v) is 9.56. The normalized spacial score (nSPS) is 27.6. The van der Waals surface area contributed by atoms with Crippen molar-refractivity contribution in [2.45, 2.75) is 51.6 Å². The average Bonchev–Trinajstić information content (AvgIpc) is 2.30. The molecular formula is C12H24O2Si. The van der Waals surface area contributed by atoms with E-state index in [0.717, 1.165) is 18.9 Å². The van der Waals surface area contributed by atoms with E-state index in [1.807, 2.05) is 0 Å². The van der Waals surface area contributed by atoms with Gasteiger partial charge in [-0.25, -0.2) is 0 Å². The largest absolute Gasteiger partial charge is 0.396 e. The average molecular weight is 228 g/mol. The lowest BCUT2D eigenvalue weighted by Crippen LogP contribution is -2.23. The number of hydrogen-bond acceptors (Lipinski definition) is 2. The standard InChI is InChI=1S/C12H24O2Si/c1-9-7-12(14)11(8-15(2,3)4)10(9)5-6-13/h9,12-14H,5-8H2,1-4H3/t9-,12+/m1/s1. The Labute approximate surface area is 94.0 Å². The highest BCUT2D eigenvalue weighted by atomic mass is 28.3. The second-order valence-corrected chi connectivity index (χ2v) is 11.4. The molecule has 0 spiro atoms. The summed E-state index contributed by atoms with van der Waals surface area (Å²) < 4.78 is 0. The second kappa shape index (κ2) is 4.81. The first kappa shape index (κ1) is 12.9. The third kappa shape index (κ3) is 3.43. The summed E-state index contributed by atoms with van der Waals surface area (Å²) in [5.41, 5.74) is 2.57. The smallest absolute Gasteiger partial charge is 0.0755 e. The van der Waals surface area contributed by atoms with Gasteiger partial charge in [0.25, 0.3) is 0 Å². The lowest BCUT2D eigenvalue weighted by molar-refractivity contribution is 0.202. The van der Waals surface area contributed by atoms with Crippen molar-refractivity contribution in [2.24, 2.45) is 5.92 Å². The van der Waals surface area contributed by atoms with Crippen molar-refractivity contribution >= 4 is 8.07 Å². The maximum Gasteiger partial charge on any atom is 0.0755 e. The van der Waals surface area contributed by atoms with E-state index in [1.165, 1.54) is 11.1 Å². The van der Waals surface area contributed by atoms with Crippen molar-refractivity contribution in [3.8, 4) is 0 Å². The van der Waals surface area contributed by atoms with Crippen LogP contribution < -0.4 is 0 Å². The van der Waals surface area contributed by atoms with Gasteiger partial charge in [0.1, 0.15) is 0 Å². The van der Waals surface area contributed by atoms with Crippen molar-refractivity contribution in [2.75, 3.05) is 6.61 Å². The van der Waals surface area contributed by atoms with Gasteiger partial charge >= 0.3 is 0 Å². The molecule has 1 aliphatic carbocycles. The predicted octanol–water partition coefficient (Wildman–Crippen LogP) is 2.40. The van der Waals surface area contributed by atoms with Crippen LogP contribution in [0.3, 0.4) is 0 Å². The number of rotatable bonds is 4. The molecule has 0 radical (unpaired) electrons. The zero-order valence-corrected chi connectivity index (χ0v) is 11.4. The molecule has 2 nitrogen and oxygen atoms in total. The summed E-state index contributed by atoms with van der Waals surface area (Å²) >= 11 is 0. The fourth-order valence-electron chi connectivity index (χ4n) is 2.48. The summed E-state index contributed by atoms with van der Waals surface area (Å²) in [6.07, 6.45) is 1.36. The molecule has 0 saturated heterocycles. The van der Waals surface area contributed by atoms with Gasteiger partial charge in [-0.05, 0) is 30.4 Å². The summed E-state index contributed by atoms with van der Waals surface area (Å²) in [6, 6.07) is 1.08. The lowest BCUT2D eigenvalue weighted by Gasteiger charge is -2.20. The van der Waals surface area contributed by atoms with E-state index < -0.39 is 8.07 Å². The quantitative estimate of drug-likeness (QED) is 0.573. The summed E-state index contributed by atoms with van der Waals surface area (Å²) in [7, 11) is -1.16. The van der Waals surface area contributed by atoms with Crippen LogP contribution in [0.15, 0.2) is 11.1 Å². The minimum atomic E-state index is -1.16. The Balaban J connectivity index is 2.86. The van der Waals surface area contributed by atoms with Crippen LogP contribution in [-0.4, -0.2) is 31.0 Å². The molecule has 0 aliphatic heterocycles. The number of aliphatic hydroxyl groups excluding tert-OH is 2. The van der Waals surface area contributed by atoms with E-state index in [0.29, 0.717) is 5.92 Å². The molecule has 2 N–H and O–H groups in total. The Morgan fingerprint density at radius 1 is 1.27 bits per heavy atom. The van der Waals surface area contributed by atoms with E-state index in [2.05, 4.69) is 26.6 Å². The van der Waals surface area contributed by atoms with Gasteiger partial charge in [-0.15, -0.1) is 0 Å². The molecule has 3 heteroatoms. The Kier molecular flexibility index (Phi) is 4.15. The monoisotopic (exact) mass is 228 g/mol. The Morgan fingerprint density at radius 3 is 2.33 bits per heavy atom. The molecule has 0 saturated carbocycles. The van der Waals surface area contributed by atoms with Crippen LogP contribution in [-0.2, 0) is 0 Å². The van der Waals surface area contributed by atoms with Gasteiger partial charge in [0.05, 0.1) is 6.10 Å². The third-order valence-electron chi connectivity index (χ3n) is 3.09. The van der Waals surface area contributed by atoms with E-state index in [-0.39, 0.29) is 12.7 Å². The van der Waals surface area contributed by atoms with Crippen LogP contribution in [0, 0.1) is 5.92 Å². The summed E-state index contributed by atoms with van der Waals surface area (Å²) in [6.45, 7) is 9.35. The minimum Gasteiger partial charge on any atom is -0.396 e. The lowest BCUT2D eigenvalue weighted by atomic mass is 10.0. The van der Waals surface area contributed by atoms with E-state index >= 15 is 0 Å². The van der Waals surface area contributed by atoms with Gasteiger partial charge in [0, 0.05) is 14.7 Å². The molecule has 88 valence electrons. The fraction of sp³-hybridized carbons (Fsp3) is 0.833. The van der Waals surface area contributed by atoms with Crippen molar-refractivity contribution < 1.29 is 10.2 Å². The van der Waals surface area contributed by atoms with E-state index in [1.54, 1.807) is 0 Å². The zero-order valence-electron chi connectivity index (χ0n) is 10.4. The third-order valence-corrected chi connectivity index (χ3v) is 4.53. The van der Waals surface area contributed by atoms with Crippen LogP contribution in [0.1, 0.15) is 19.8 Å². The Morgan fingerprint density at radius 2 is 1.87 bits per heavy atom. The summed E-state index contributed by atoms with van der Waals surface area (Å²) in [5, 5.41) is 19.0. The van der Waals surface area contributed by atoms with Crippen molar-refractivity contribution in [3.05, 3.63) is 11.1 Å². The number of aliphatic hydroxyl groups is 2. The van der Waals surface area contributed by atoms with Gasteiger partial charge in [0.15, 0.2) is 0 Å². The van der Waals surface area contributed by atoms with Crippen LogP contribution in [0.4, 0.5) is 0 Å². The molecular weight excluding hydrogens is 204 g/mol. The van der Waals surface area contributed by atoms with Crippen molar-refractivity contribution in [3.63, 3.8) is 0 Å². The first-order valence-electron chi connectivity index (χ1n) is 5.86. The molecule has 0 aromatic heterocycles. The van der Waals surface area contributed by atoms with E-state index in [9.17, 15) is 5.11 Å². The molecule has 0 unspecified atom stereocenters. The molecule has 0 heterocycles. The van der Waals surface area contributed by atoms with E-state index in [4.69, 9.17) is 5.11 Å². The highest BCUT2D eigenvalue weighted by molar-refractivity contribution is 6.76. The van der Waals surface area contributed by atoms with Crippen LogP contribution in [0.25, 0.3) is 0 Å². The molecule has 1 aliphatic rings. The van der Waals surface area contributed by atoms with Crippen LogP contribution >= 0.6 is 0 Å². The molecule has 0 fully saturated rings.